The standard InChI is InChI=1S/C19H17F2N3O.C19H19F2N3.C11H10FN3O2.C11H12FN3.C6H3F2NO2.C5H8N2/c1-11-8-14(20)4-6-16(11)19(25)22-15-5-7-18(17(21)10-15)24-13(3)9-12(2)23-24;1-12-8-16(20)5-4-15(12)11-22-17-6-7-19(18(21)10-17)24-14(3)9-13(2)23-24;1-7-5-8(2)14(13-7)11-4-3-9(15(16)17)6-10(11)12;1-7-5-8(2)15(14-7)11-4-3-9(13)6-10(11)12;7-5-2-1-4(9(10)11)3-6(5)8;1-4-3-5(2)7-6-4/h4-10H,1-3H3,(H,22,25);4-10,22H,11H2,1-3H3;3-6H,1-2H3;3-6H,13H2,1-2H3;1-3H;3H,1-2H3,(H,6,7). The SMILES string of the molecule is Cc1cc(C)[nH]n1.Cc1cc(C)n(-c2ccc(N)cc2F)n1.Cc1cc(C)n(-c2ccc(NC(=O)c3ccc(F)cc3C)cc2F)n1.Cc1cc(C)n(-c2ccc(NCc3ccc(F)cc3C)cc2F)n1.Cc1cc(C)n(-c2ccc([N+](=O)[O-])cc2F)n1.O=[N+]([O-])c1ccc(F)c(F)c1. The number of non-ortho nitro benzene ring substituents is 2. The molecule has 0 aliphatic heterocycles. The van der Waals surface area contributed by atoms with Crippen LogP contribution in [0.15, 0.2) is 158 Å². The van der Waals surface area contributed by atoms with Gasteiger partial charge in [-0.1, -0.05) is 6.07 Å². The second kappa shape index (κ2) is 33.0. The largest absolute Gasteiger partial charge is 0.399 e. The van der Waals surface area contributed by atoms with Crippen molar-refractivity contribution in [3.05, 3.63) is 304 Å². The number of benzene rings is 7. The van der Waals surface area contributed by atoms with E-state index < -0.39 is 50.5 Å². The van der Waals surface area contributed by atoms with Gasteiger partial charge in [-0.05, 0) is 227 Å². The van der Waals surface area contributed by atoms with Crippen molar-refractivity contribution in [3.63, 3.8) is 0 Å². The van der Waals surface area contributed by atoms with Crippen LogP contribution in [0.2, 0.25) is 0 Å². The van der Waals surface area contributed by atoms with Crippen LogP contribution in [0.1, 0.15) is 84.0 Å². The Morgan fingerprint density at radius 1 is 0.434 bits per heavy atom. The molecule has 20 nitrogen and oxygen atoms in total. The smallest absolute Gasteiger partial charge is 0.272 e. The van der Waals surface area contributed by atoms with Crippen LogP contribution in [-0.2, 0) is 6.54 Å². The molecular formula is C71H69F8N15O5. The third-order valence-electron chi connectivity index (χ3n) is 14.4. The Bertz CT molecular complexity index is 4870. The number of hydrogen-bond donors (Lipinski definition) is 4. The van der Waals surface area contributed by atoms with Crippen LogP contribution >= 0.6 is 0 Å². The number of nitro groups is 2. The van der Waals surface area contributed by atoms with E-state index in [1.165, 1.54) is 70.0 Å². The Kier molecular flexibility index (Phi) is 24.8. The van der Waals surface area contributed by atoms with E-state index in [-0.39, 0.29) is 28.8 Å². The lowest BCUT2D eigenvalue weighted by molar-refractivity contribution is -0.385. The number of nitrogen functional groups attached to an aromatic ring is 1. The van der Waals surface area contributed by atoms with Crippen molar-refractivity contribution in [2.24, 2.45) is 0 Å². The minimum absolute atomic E-state index is 0.209. The average Bonchev–Trinajstić information content (AvgIpc) is 1.77. The number of aryl methyl sites for hydroxylation is 12. The average molecular weight is 1360 g/mol. The second-order valence-electron chi connectivity index (χ2n) is 22.7. The molecule has 0 spiro atoms. The van der Waals surface area contributed by atoms with Crippen LogP contribution in [-0.4, -0.2) is 65.1 Å². The van der Waals surface area contributed by atoms with Crippen LogP contribution in [0.3, 0.4) is 0 Å². The number of nitrogens with one attached hydrogen (secondary N) is 3. The maximum absolute atomic E-state index is 14.4. The van der Waals surface area contributed by atoms with E-state index in [4.69, 9.17) is 5.73 Å². The maximum atomic E-state index is 14.4. The van der Waals surface area contributed by atoms with Gasteiger partial charge in [0.05, 0.1) is 50.4 Å². The first-order chi connectivity index (χ1) is 46.7. The van der Waals surface area contributed by atoms with Crippen molar-refractivity contribution in [2.75, 3.05) is 16.4 Å². The van der Waals surface area contributed by atoms with E-state index in [1.807, 2.05) is 92.6 Å². The van der Waals surface area contributed by atoms with Crippen LogP contribution < -0.4 is 16.4 Å². The monoisotopic (exact) mass is 1360 g/mol. The molecule has 5 heterocycles. The highest BCUT2D eigenvalue weighted by atomic mass is 19.2. The fourth-order valence-corrected chi connectivity index (χ4v) is 9.80. The number of nitro benzene ring substituents is 2. The van der Waals surface area contributed by atoms with E-state index in [9.17, 15) is 60.1 Å². The molecule has 7 aromatic carbocycles. The Hall–Kier alpha value is -12.1. The molecule has 0 aliphatic carbocycles. The van der Waals surface area contributed by atoms with Gasteiger partial charge in [-0.25, -0.2) is 53.9 Å². The summed E-state index contributed by atoms with van der Waals surface area (Å²) in [6.45, 7) is 22.7. The summed E-state index contributed by atoms with van der Waals surface area (Å²) in [6, 6.07) is 37.6. The molecule has 0 unspecified atom stereocenters. The van der Waals surface area contributed by atoms with Crippen LogP contribution in [0, 0.1) is 150 Å². The van der Waals surface area contributed by atoms with Crippen molar-refractivity contribution in [1.29, 1.82) is 0 Å². The molecule has 12 rings (SSSR count). The Balaban J connectivity index is 0.000000174. The molecule has 0 aliphatic rings. The van der Waals surface area contributed by atoms with Gasteiger partial charge in [0.25, 0.3) is 17.3 Å². The number of aromatic amines is 1. The van der Waals surface area contributed by atoms with Crippen molar-refractivity contribution < 1.29 is 49.8 Å². The third-order valence-corrected chi connectivity index (χ3v) is 14.4. The summed E-state index contributed by atoms with van der Waals surface area (Å²) >= 11 is 0. The number of carbonyl (C=O) groups is 1. The molecule has 0 saturated heterocycles. The number of hydrogen-bond acceptors (Lipinski definition) is 12. The quantitative estimate of drug-likeness (QED) is 0.0408. The van der Waals surface area contributed by atoms with E-state index in [2.05, 4.69) is 41.2 Å². The normalized spacial score (nSPS) is 10.5. The summed E-state index contributed by atoms with van der Waals surface area (Å²) in [5, 5.41) is 49.9. The number of nitrogens with two attached hydrogens (primary N) is 1. The molecule has 0 atom stereocenters. The van der Waals surface area contributed by atoms with Gasteiger partial charge < -0.3 is 16.4 Å². The van der Waals surface area contributed by atoms with Gasteiger partial charge >= 0.3 is 0 Å². The van der Waals surface area contributed by atoms with Crippen LogP contribution in [0.5, 0.6) is 0 Å². The van der Waals surface area contributed by atoms with E-state index >= 15 is 0 Å². The lowest BCUT2D eigenvalue weighted by Crippen LogP contribution is -2.14. The fraction of sp³-hybridized carbons (Fsp3) is 0.183. The van der Waals surface area contributed by atoms with Crippen molar-refractivity contribution in [1.82, 2.24) is 49.3 Å². The van der Waals surface area contributed by atoms with Crippen molar-refractivity contribution in [3.8, 4) is 22.7 Å². The van der Waals surface area contributed by atoms with Gasteiger partial charge in [-0.15, -0.1) is 0 Å². The summed E-state index contributed by atoms with van der Waals surface area (Å²) in [4.78, 5) is 31.3. The molecule has 0 radical (unpaired) electrons. The maximum Gasteiger partial charge on any atom is 0.272 e. The van der Waals surface area contributed by atoms with E-state index in [0.29, 0.717) is 63.9 Å². The summed E-state index contributed by atoms with van der Waals surface area (Å²) < 4.78 is 113. The molecule has 1 amide bonds. The number of H-pyrrole nitrogens is 1. The minimum atomic E-state index is -1.21. The number of rotatable bonds is 11. The van der Waals surface area contributed by atoms with Crippen molar-refractivity contribution in [2.45, 2.75) is 89.6 Å². The molecule has 99 heavy (non-hydrogen) atoms. The second-order valence-corrected chi connectivity index (χ2v) is 22.7. The molecule has 0 bridgehead atoms. The number of halogens is 8. The van der Waals surface area contributed by atoms with Gasteiger partial charge in [-0.3, -0.25) is 30.1 Å². The first-order valence-electron chi connectivity index (χ1n) is 30.1. The van der Waals surface area contributed by atoms with Gasteiger partial charge in [0, 0.05) is 69.8 Å². The molecule has 28 heteroatoms. The highest BCUT2D eigenvalue weighted by molar-refractivity contribution is 6.05. The first-order valence-corrected chi connectivity index (χ1v) is 30.1. The van der Waals surface area contributed by atoms with Crippen LogP contribution in [0.4, 0.5) is 63.6 Å². The highest BCUT2D eigenvalue weighted by Crippen LogP contribution is 2.26. The molecule has 0 fully saturated rings. The van der Waals surface area contributed by atoms with E-state index in [1.54, 1.807) is 72.6 Å². The number of nitrogens with zero attached hydrogens (tertiary/aromatic N) is 11. The zero-order valence-electron chi connectivity index (χ0n) is 55.8. The fourth-order valence-electron chi connectivity index (χ4n) is 9.80. The predicted octanol–water partition coefficient (Wildman–Crippen LogP) is 16.7. The lowest BCUT2D eigenvalue weighted by atomic mass is 10.1. The molecule has 5 N–H and O–H groups in total. The number of anilines is 3. The predicted molar refractivity (Wildman–Crippen MR) is 362 cm³/mol. The molecule has 5 aromatic heterocycles. The van der Waals surface area contributed by atoms with Crippen LogP contribution in [0.25, 0.3) is 22.7 Å². The zero-order chi connectivity index (χ0) is 72.7. The summed E-state index contributed by atoms with van der Waals surface area (Å²) in [5.41, 5.74) is 19.0. The highest BCUT2D eigenvalue weighted by Gasteiger charge is 2.18. The molecule has 0 saturated carbocycles. The zero-order valence-corrected chi connectivity index (χ0v) is 55.8. The molecule has 12 aromatic rings. The first kappa shape index (κ1) is 74.3. The number of amides is 1. The van der Waals surface area contributed by atoms with E-state index in [0.717, 1.165) is 80.2 Å². The third kappa shape index (κ3) is 20.2. The lowest BCUT2D eigenvalue weighted by Gasteiger charge is -2.11. The Morgan fingerprint density at radius 3 is 1.21 bits per heavy atom. The van der Waals surface area contributed by atoms with Gasteiger partial charge in [0.2, 0.25) is 0 Å². The van der Waals surface area contributed by atoms with Gasteiger partial charge in [0.15, 0.2) is 34.9 Å². The summed E-state index contributed by atoms with van der Waals surface area (Å²) in [7, 11) is 0. The number of carbonyl (C=O) groups excluding carboxylic acids is 1. The number of aromatic nitrogens is 10. The van der Waals surface area contributed by atoms with Crippen molar-refractivity contribution >= 4 is 34.3 Å². The van der Waals surface area contributed by atoms with Gasteiger partial charge in [-0.2, -0.15) is 25.5 Å². The summed E-state index contributed by atoms with van der Waals surface area (Å²) in [5.74, 6) is -5.25. The summed E-state index contributed by atoms with van der Waals surface area (Å²) in [6.07, 6.45) is 0. The Morgan fingerprint density at radius 2 is 0.838 bits per heavy atom. The topological polar surface area (TPSA) is 253 Å². The molecule has 514 valence electrons. The van der Waals surface area contributed by atoms with Gasteiger partial charge in [0.1, 0.15) is 34.4 Å². The minimum Gasteiger partial charge on any atom is -0.399 e. The molecular weight excluding hydrogens is 1290 g/mol. The Labute approximate surface area is 563 Å².